The molecule has 6 nitrogen and oxygen atoms in total. The van der Waals surface area contributed by atoms with Gasteiger partial charge in [0, 0.05) is 24.7 Å². The fourth-order valence-corrected chi connectivity index (χ4v) is 4.31. The molecular weight excluding hydrogens is 483 g/mol. The summed E-state index contributed by atoms with van der Waals surface area (Å²) in [6, 6.07) is 5.78. The minimum atomic E-state index is -5.07. The van der Waals surface area contributed by atoms with E-state index in [0.29, 0.717) is 42.7 Å². The predicted octanol–water partition coefficient (Wildman–Crippen LogP) is 6.56. The number of aromatic nitrogens is 3. The summed E-state index contributed by atoms with van der Waals surface area (Å²) in [7, 11) is 0. The lowest BCUT2D eigenvalue weighted by Crippen LogP contribution is -2.30. The maximum absolute atomic E-state index is 13.7. The van der Waals surface area contributed by atoms with Gasteiger partial charge in [-0.15, -0.1) is 0 Å². The van der Waals surface area contributed by atoms with Crippen molar-refractivity contribution in [2.24, 2.45) is 0 Å². The van der Waals surface area contributed by atoms with Gasteiger partial charge in [-0.25, -0.2) is 9.97 Å². The van der Waals surface area contributed by atoms with Gasteiger partial charge in [-0.05, 0) is 39.3 Å². The van der Waals surface area contributed by atoms with Gasteiger partial charge in [0.15, 0.2) is 6.10 Å². The van der Waals surface area contributed by atoms with E-state index in [2.05, 4.69) is 14.7 Å². The highest BCUT2D eigenvalue weighted by Gasteiger charge is 2.45. The number of hydrogen-bond donors (Lipinski definition) is 0. The number of rotatable bonds is 6. The zero-order valence-electron chi connectivity index (χ0n) is 18.5. The molecule has 3 aromatic rings. The zero-order chi connectivity index (χ0) is 24.8. The van der Waals surface area contributed by atoms with Crippen molar-refractivity contribution in [3.8, 4) is 5.88 Å². The first kappa shape index (κ1) is 24.5. The summed E-state index contributed by atoms with van der Waals surface area (Å²) in [5.74, 6) is 0.792. The zero-order valence-corrected chi connectivity index (χ0v) is 19.3. The molecule has 1 aliphatic heterocycles. The van der Waals surface area contributed by atoms with Crippen LogP contribution < -0.4 is 9.64 Å². The summed E-state index contributed by atoms with van der Waals surface area (Å²) in [6.45, 7) is 2.79. The maximum Gasteiger partial charge on any atom is 0.419 e. The monoisotopic (exact) mass is 504 g/mol. The Kier molecular flexibility index (Phi) is 6.61. The van der Waals surface area contributed by atoms with Gasteiger partial charge in [-0.1, -0.05) is 17.7 Å². The molecular formula is C22H22ClF5N4O2. The lowest BCUT2D eigenvalue weighted by atomic mass is 10.1. The fourth-order valence-electron chi connectivity index (χ4n) is 4.12. The quantitative estimate of drug-likeness (QED) is 0.356. The Morgan fingerprint density at radius 2 is 1.79 bits per heavy atom. The van der Waals surface area contributed by atoms with Crippen LogP contribution >= 0.6 is 11.6 Å². The molecule has 0 amide bonds. The van der Waals surface area contributed by atoms with Crippen molar-refractivity contribution in [1.82, 2.24) is 14.5 Å². The summed E-state index contributed by atoms with van der Waals surface area (Å²) in [4.78, 5) is 10.8. The van der Waals surface area contributed by atoms with Crippen molar-refractivity contribution < 1.29 is 31.4 Å². The molecule has 0 aliphatic carbocycles. The second-order valence-electron chi connectivity index (χ2n) is 8.14. The standard InChI is InChI=1S/C22H22ClF5N4O2/c1-11(2)33-16-8-7-15(12(3)29-16)31-9-4-10-32-18-13(19(22(26,27)28)34-20(24)25)5-6-14(23)17(18)30-21(31)32/h5-8,11,19-20H,4,9-10H2,1-3H3. The molecule has 1 unspecified atom stereocenters. The van der Waals surface area contributed by atoms with E-state index < -0.39 is 24.5 Å². The average molecular weight is 505 g/mol. The van der Waals surface area contributed by atoms with Crippen LogP contribution in [0.3, 0.4) is 0 Å². The van der Waals surface area contributed by atoms with E-state index in [9.17, 15) is 22.0 Å². The molecule has 3 heterocycles. The summed E-state index contributed by atoms with van der Waals surface area (Å²) >= 11 is 6.27. The van der Waals surface area contributed by atoms with Gasteiger partial charge in [0.2, 0.25) is 11.8 Å². The number of imidazole rings is 1. The lowest BCUT2D eigenvalue weighted by molar-refractivity contribution is -0.276. The Bertz CT molecular complexity index is 1200. The number of pyridine rings is 1. The smallest absolute Gasteiger partial charge is 0.419 e. The Morgan fingerprint density at radius 1 is 1.06 bits per heavy atom. The first-order valence-corrected chi connectivity index (χ1v) is 11.0. The Hall–Kier alpha value is -2.66. The van der Waals surface area contributed by atoms with E-state index in [1.54, 1.807) is 23.6 Å². The van der Waals surface area contributed by atoms with Crippen molar-refractivity contribution in [1.29, 1.82) is 0 Å². The minimum Gasteiger partial charge on any atom is -0.475 e. The van der Waals surface area contributed by atoms with Gasteiger partial charge in [0.1, 0.15) is 5.52 Å². The molecule has 0 spiro atoms. The van der Waals surface area contributed by atoms with Gasteiger partial charge in [-0.2, -0.15) is 22.0 Å². The van der Waals surface area contributed by atoms with Gasteiger partial charge < -0.3 is 18.9 Å². The Morgan fingerprint density at radius 3 is 2.41 bits per heavy atom. The number of fused-ring (bicyclic) bond motifs is 3. The minimum absolute atomic E-state index is 0.0144. The van der Waals surface area contributed by atoms with Crippen molar-refractivity contribution in [3.05, 3.63) is 40.5 Å². The number of halogens is 6. The van der Waals surface area contributed by atoms with E-state index in [4.69, 9.17) is 16.3 Å². The normalized spacial score (nSPS) is 15.3. The first-order chi connectivity index (χ1) is 16.0. The molecule has 34 heavy (non-hydrogen) atoms. The number of benzene rings is 1. The van der Waals surface area contributed by atoms with E-state index in [-0.39, 0.29) is 22.2 Å². The molecule has 0 fully saturated rings. The summed E-state index contributed by atoms with van der Waals surface area (Å²) < 4.78 is 78.1. The summed E-state index contributed by atoms with van der Waals surface area (Å²) in [5.41, 5.74) is 0.961. The van der Waals surface area contributed by atoms with Crippen LogP contribution in [-0.2, 0) is 11.3 Å². The number of ether oxygens (including phenoxy) is 2. The molecule has 184 valence electrons. The van der Waals surface area contributed by atoms with Crippen LogP contribution in [0, 0.1) is 6.92 Å². The van der Waals surface area contributed by atoms with Crippen LogP contribution in [0.2, 0.25) is 5.02 Å². The molecule has 0 radical (unpaired) electrons. The number of alkyl halides is 5. The number of hydrogen-bond acceptors (Lipinski definition) is 5. The van der Waals surface area contributed by atoms with E-state index >= 15 is 0 Å². The van der Waals surface area contributed by atoms with Gasteiger partial charge >= 0.3 is 12.8 Å². The molecule has 12 heteroatoms. The second kappa shape index (κ2) is 9.18. The van der Waals surface area contributed by atoms with Gasteiger partial charge in [0.25, 0.3) is 0 Å². The van der Waals surface area contributed by atoms with Crippen LogP contribution in [0.1, 0.15) is 37.6 Å². The van der Waals surface area contributed by atoms with Crippen molar-refractivity contribution >= 4 is 34.3 Å². The fraction of sp³-hybridized carbons (Fsp3) is 0.455. The van der Waals surface area contributed by atoms with Crippen LogP contribution in [0.15, 0.2) is 24.3 Å². The third kappa shape index (κ3) is 4.63. The van der Waals surface area contributed by atoms with Gasteiger partial charge in [0.05, 0.1) is 28.0 Å². The van der Waals surface area contributed by atoms with Crippen molar-refractivity contribution in [3.63, 3.8) is 0 Å². The Balaban J connectivity index is 1.86. The molecule has 0 saturated heterocycles. The van der Waals surface area contributed by atoms with Crippen LogP contribution in [0.5, 0.6) is 5.88 Å². The molecule has 2 aromatic heterocycles. The molecule has 1 atom stereocenters. The van der Waals surface area contributed by atoms with E-state index in [1.165, 1.54) is 6.07 Å². The summed E-state index contributed by atoms with van der Waals surface area (Å²) in [5, 5.41) is 0.106. The number of nitrogens with zero attached hydrogens (tertiary/aromatic N) is 4. The average Bonchev–Trinajstić information content (AvgIpc) is 3.13. The lowest BCUT2D eigenvalue weighted by Gasteiger charge is -2.30. The number of aryl methyl sites for hydroxylation is 2. The molecule has 0 saturated carbocycles. The third-order valence-corrected chi connectivity index (χ3v) is 5.66. The topological polar surface area (TPSA) is 52.4 Å². The molecule has 4 rings (SSSR count). The third-order valence-electron chi connectivity index (χ3n) is 5.36. The highest BCUT2D eigenvalue weighted by atomic mass is 35.5. The van der Waals surface area contributed by atoms with E-state index in [0.717, 1.165) is 6.07 Å². The predicted molar refractivity (Wildman–Crippen MR) is 117 cm³/mol. The van der Waals surface area contributed by atoms with Crippen molar-refractivity contribution in [2.45, 2.75) is 58.7 Å². The van der Waals surface area contributed by atoms with Crippen LogP contribution in [0.4, 0.5) is 33.6 Å². The van der Waals surface area contributed by atoms with Crippen molar-refractivity contribution in [2.75, 3.05) is 11.4 Å². The molecule has 1 aliphatic rings. The molecule has 0 bridgehead atoms. The first-order valence-electron chi connectivity index (χ1n) is 10.6. The van der Waals surface area contributed by atoms with Crippen LogP contribution in [-0.4, -0.2) is 40.0 Å². The van der Waals surface area contributed by atoms with Crippen LogP contribution in [0.25, 0.3) is 11.0 Å². The highest BCUT2D eigenvalue weighted by Crippen LogP contribution is 2.44. The van der Waals surface area contributed by atoms with Gasteiger partial charge in [-0.3, -0.25) is 0 Å². The maximum atomic E-state index is 13.7. The molecule has 0 N–H and O–H groups in total. The Labute approximate surface area is 197 Å². The second-order valence-corrected chi connectivity index (χ2v) is 8.55. The number of anilines is 2. The molecule has 1 aromatic carbocycles. The summed E-state index contributed by atoms with van der Waals surface area (Å²) in [6.07, 6.45) is -7.39. The highest BCUT2D eigenvalue weighted by molar-refractivity contribution is 6.35. The van der Waals surface area contributed by atoms with E-state index in [1.807, 2.05) is 18.7 Å². The largest absolute Gasteiger partial charge is 0.475 e. The SMILES string of the molecule is Cc1nc(OC(C)C)ccc1N1CCCn2c1nc1c(Cl)ccc(C(OC(F)F)C(F)(F)F)c12.